The minimum absolute atomic E-state index is 0.0830. The highest BCUT2D eigenvalue weighted by Crippen LogP contribution is 2.31. The molecule has 1 heterocycles. The number of benzene rings is 2. The molecule has 0 aliphatic heterocycles. The topological polar surface area (TPSA) is 41.6 Å². The molecule has 0 unspecified atom stereocenters. The third-order valence-electron chi connectivity index (χ3n) is 4.34. The van der Waals surface area contributed by atoms with Gasteiger partial charge in [0, 0.05) is 16.9 Å². The van der Waals surface area contributed by atoms with E-state index in [-0.39, 0.29) is 6.54 Å². The Morgan fingerprint density at radius 3 is 2.69 bits per heavy atom. The Hall–Kier alpha value is -2.98. The molecular formula is C21H15BClF3N3. The van der Waals surface area contributed by atoms with Crippen molar-refractivity contribution in [2.24, 2.45) is 0 Å². The summed E-state index contributed by atoms with van der Waals surface area (Å²) in [5.41, 5.74) is 2.02. The van der Waals surface area contributed by atoms with Gasteiger partial charge in [0.05, 0.1) is 17.4 Å². The van der Waals surface area contributed by atoms with Crippen molar-refractivity contribution in [3.05, 3.63) is 82.1 Å². The largest absolute Gasteiger partial charge is 0.416 e. The van der Waals surface area contributed by atoms with Gasteiger partial charge in [-0.25, -0.2) is 0 Å². The first-order chi connectivity index (χ1) is 13.8. The molecule has 0 bridgehead atoms. The van der Waals surface area contributed by atoms with Crippen LogP contribution in [-0.4, -0.2) is 16.8 Å². The summed E-state index contributed by atoms with van der Waals surface area (Å²) in [6.07, 6.45) is -1.14. The number of halogens is 4. The van der Waals surface area contributed by atoms with Gasteiger partial charge in [0.25, 0.3) is 0 Å². The van der Waals surface area contributed by atoms with Gasteiger partial charge < -0.3 is 4.57 Å². The Morgan fingerprint density at radius 2 is 2.00 bits per heavy atom. The van der Waals surface area contributed by atoms with Crippen molar-refractivity contribution >= 4 is 36.2 Å². The van der Waals surface area contributed by atoms with Crippen LogP contribution in [-0.2, 0) is 12.7 Å². The predicted octanol–water partition coefficient (Wildman–Crippen LogP) is 4.92. The van der Waals surface area contributed by atoms with E-state index >= 15 is 0 Å². The molecule has 145 valence electrons. The van der Waals surface area contributed by atoms with E-state index < -0.39 is 11.7 Å². The molecule has 3 rings (SSSR count). The standard InChI is InChI=1S/C21H15BClF3N3/c1-14-13-28-20(29(14)10-9-27)22-18(12-16-5-2-3-8-19(16)23)15-6-4-7-17(11-15)21(24,25)26/h2-8,11-13H,10H2,1H3. The number of aryl methyl sites for hydroxylation is 1. The van der Waals surface area contributed by atoms with Crippen molar-refractivity contribution in [1.29, 1.82) is 5.26 Å². The van der Waals surface area contributed by atoms with Crippen LogP contribution in [0.1, 0.15) is 22.4 Å². The lowest BCUT2D eigenvalue weighted by atomic mass is 9.65. The van der Waals surface area contributed by atoms with Gasteiger partial charge in [-0.15, -0.1) is 0 Å². The van der Waals surface area contributed by atoms with E-state index in [1.807, 2.05) is 6.92 Å². The second-order valence-electron chi connectivity index (χ2n) is 6.35. The second-order valence-corrected chi connectivity index (χ2v) is 6.75. The monoisotopic (exact) mass is 412 g/mol. The van der Waals surface area contributed by atoms with Crippen LogP contribution in [0.3, 0.4) is 0 Å². The van der Waals surface area contributed by atoms with Crippen LogP contribution in [0.25, 0.3) is 11.5 Å². The van der Waals surface area contributed by atoms with Crippen molar-refractivity contribution in [3.63, 3.8) is 0 Å². The highest BCUT2D eigenvalue weighted by Gasteiger charge is 2.30. The smallest absolute Gasteiger partial charge is 0.327 e. The minimum atomic E-state index is -4.46. The first-order valence-corrected chi connectivity index (χ1v) is 9.05. The SMILES string of the molecule is Cc1cnc([B]C(=Cc2ccccc2Cl)c2cccc(C(F)(F)F)c2)n1CC#N. The molecule has 1 radical (unpaired) electrons. The number of nitrogens with zero attached hydrogens (tertiary/aromatic N) is 3. The van der Waals surface area contributed by atoms with Gasteiger partial charge in [-0.1, -0.05) is 53.5 Å². The summed E-state index contributed by atoms with van der Waals surface area (Å²) in [5, 5.41) is 9.54. The summed E-state index contributed by atoms with van der Waals surface area (Å²) < 4.78 is 41.3. The van der Waals surface area contributed by atoms with Crippen LogP contribution in [0.15, 0.2) is 54.7 Å². The zero-order valence-corrected chi connectivity index (χ0v) is 16.2. The van der Waals surface area contributed by atoms with Gasteiger partial charge in [0.2, 0.25) is 7.28 Å². The highest BCUT2D eigenvalue weighted by atomic mass is 35.5. The van der Waals surface area contributed by atoms with Crippen molar-refractivity contribution in [2.45, 2.75) is 19.6 Å². The molecule has 0 aliphatic rings. The molecule has 0 fully saturated rings. The van der Waals surface area contributed by atoms with E-state index in [1.165, 1.54) is 6.07 Å². The first-order valence-electron chi connectivity index (χ1n) is 8.67. The molecule has 1 aromatic heterocycles. The number of hydrogen-bond acceptors (Lipinski definition) is 2. The molecule has 0 spiro atoms. The Balaban J connectivity index is 2.11. The summed E-state index contributed by atoms with van der Waals surface area (Å²) in [6, 6.07) is 14.2. The van der Waals surface area contributed by atoms with Gasteiger partial charge in [-0.05, 0) is 36.2 Å². The highest BCUT2D eigenvalue weighted by molar-refractivity contribution is 6.73. The Bertz CT molecular complexity index is 1100. The van der Waals surface area contributed by atoms with Crippen LogP contribution < -0.4 is 5.72 Å². The first kappa shape index (κ1) is 20.8. The van der Waals surface area contributed by atoms with Crippen molar-refractivity contribution in [3.8, 4) is 6.07 Å². The lowest BCUT2D eigenvalue weighted by Gasteiger charge is -2.13. The van der Waals surface area contributed by atoms with Crippen LogP contribution >= 0.6 is 11.6 Å². The molecular weight excluding hydrogens is 398 g/mol. The van der Waals surface area contributed by atoms with E-state index in [9.17, 15) is 13.2 Å². The summed E-state index contributed by atoms with van der Waals surface area (Å²) in [6.45, 7) is 1.89. The third-order valence-corrected chi connectivity index (χ3v) is 4.68. The number of nitriles is 1. The van der Waals surface area contributed by atoms with E-state index in [0.29, 0.717) is 27.3 Å². The number of imidazole rings is 1. The Morgan fingerprint density at radius 1 is 1.24 bits per heavy atom. The van der Waals surface area contributed by atoms with E-state index in [4.69, 9.17) is 16.9 Å². The summed E-state index contributed by atoms with van der Waals surface area (Å²) in [5.74, 6) is 0. The molecule has 0 aliphatic carbocycles. The molecule has 0 atom stereocenters. The molecule has 3 nitrogen and oxygen atoms in total. The molecule has 29 heavy (non-hydrogen) atoms. The average Bonchev–Trinajstić information content (AvgIpc) is 3.02. The molecule has 3 aromatic rings. The average molecular weight is 413 g/mol. The number of aromatic nitrogens is 2. The summed E-state index contributed by atoms with van der Waals surface area (Å²) in [7, 11) is 1.66. The molecule has 8 heteroatoms. The Labute approximate surface area is 172 Å². The van der Waals surface area contributed by atoms with Crippen LogP contribution in [0.2, 0.25) is 5.02 Å². The van der Waals surface area contributed by atoms with E-state index in [0.717, 1.165) is 17.8 Å². The maximum absolute atomic E-state index is 13.2. The van der Waals surface area contributed by atoms with Crippen LogP contribution in [0.5, 0.6) is 0 Å². The molecule has 0 saturated heterocycles. The lowest BCUT2D eigenvalue weighted by Crippen LogP contribution is -2.28. The van der Waals surface area contributed by atoms with Gasteiger partial charge >= 0.3 is 6.18 Å². The zero-order chi connectivity index (χ0) is 21.0. The molecule has 0 saturated carbocycles. The van der Waals surface area contributed by atoms with Gasteiger partial charge in [0.15, 0.2) is 0 Å². The molecule has 2 aromatic carbocycles. The van der Waals surface area contributed by atoms with Crippen molar-refractivity contribution < 1.29 is 13.2 Å². The van der Waals surface area contributed by atoms with Gasteiger partial charge in [0.1, 0.15) is 6.54 Å². The number of hydrogen-bond donors (Lipinski definition) is 0. The van der Waals surface area contributed by atoms with Crippen molar-refractivity contribution in [2.75, 3.05) is 0 Å². The fourth-order valence-corrected chi connectivity index (χ4v) is 3.04. The van der Waals surface area contributed by atoms with Crippen molar-refractivity contribution in [1.82, 2.24) is 9.55 Å². The fourth-order valence-electron chi connectivity index (χ4n) is 2.85. The van der Waals surface area contributed by atoms with Crippen LogP contribution in [0.4, 0.5) is 13.2 Å². The third kappa shape index (κ3) is 4.90. The Kier molecular flexibility index (Phi) is 6.14. The number of rotatable bonds is 5. The quantitative estimate of drug-likeness (QED) is 0.441. The van der Waals surface area contributed by atoms with Crippen LogP contribution in [0, 0.1) is 18.3 Å². The maximum atomic E-state index is 13.2. The summed E-state index contributed by atoms with van der Waals surface area (Å²) >= 11 is 6.25. The van der Waals surface area contributed by atoms with Gasteiger partial charge in [-0.3, -0.25) is 4.98 Å². The lowest BCUT2D eigenvalue weighted by molar-refractivity contribution is -0.137. The van der Waals surface area contributed by atoms with E-state index in [1.54, 1.807) is 54.5 Å². The minimum Gasteiger partial charge on any atom is -0.327 e. The molecule has 0 amide bonds. The normalized spacial score (nSPS) is 11.9. The fraction of sp³-hybridized carbons (Fsp3) is 0.143. The molecule has 0 N–H and O–H groups in total. The van der Waals surface area contributed by atoms with Gasteiger partial charge in [-0.2, -0.15) is 18.4 Å². The van der Waals surface area contributed by atoms with E-state index in [2.05, 4.69) is 11.1 Å². The summed E-state index contributed by atoms with van der Waals surface area (Å²) in [4.78, 5) is 4.30. The zero-order valence-electron chi connectivity index (χ0n) is 15.4. The predicted molar refractivity (Wildman–Crippen MR) is 109 cm³/mol. The number of alkyl halides is 3. The second kappa shape index (κ2) is 8.58. The maximum Gasteiger partial charge on any atom is 0.416 e.